The summed E-state index contributed by atoms with van der Waals surface area (Å²) in [5, 5.41) is 13.4. The summed E-state index contributed by atoms with van der Waals surface area (Å²) in [5.74, 6) is 1.21. The first-order valence-corrected chi connectivity index (χ1v) is 18.0. The molecule has 0 radical (unpaired) electrons. The number of unbranched alkanes of at least 4 members (excludes halogenated alkanes) is 1. The molecule has 0 saturated carbocycles. The summed E-state index contributed by atoms with van der Waals surface area (Å²) in [6, 6.07) is 13.7. The van der Waals surface area contributed by atoms with Crippen molar-refractivity contribution >= 4 is 17.4 Å². The van der Waals surface area contributed by atoms with Crippen LogP contribution in [0.2, 0.25) is 0 Å². The third-order valence-corrected chi connectivity index (χ3v) is 8.74. The van der Waals surface area contributed by atoms with Gasteiger partial charge >= 0.3 is 0 Å². The van der Waals surface area contributed by atoms with E-state index in [-0.39, 0.29) is 18.4 Å². The molecule has 8 nitrogen and oxygen atoms in total. The first kappa shape index (κ1) is 44.3. The molecule has 0 saturated heterocycles. The highest BCUT2D eigenvalue weighted by molar-refractivity contribution is 6.05. The average molecular weight is 731 g/mol. The van der Waals surface area contributed by atoms with Gasteiger partial charge in [0.05, 0.1) is 24.0 Å². The van der Waals surface area contributed by atoms with Gasteiger partial charge in [-0.3, -0.25) is 9.98 Å². The van der Waals surface area contributed by atoms with E-state index in [4.69, 9.17) is 10.7 Å². The Kier molecular flexibility index (Phi) is 18.2. The maximum absolute atomic E-state index is 14.7. The zero-order valence-corrected chi connectivity index (χ0v) is 33.1. The van der Waals surface area contributed by atoms with Crippen molar-refractivity contribution in [3.8, 4) is 12.8 Å². The van der Waals surface area contributed by atoms with Gasteiger partial charge in [0.15, 0.2) is 0 Å². The lowest BCUT2D eigenvalue weighted by Gasteiger charge is -2.27. The number of benzene rings is 2. The molecule has 9 heteroatoms. The van der Waals surface area contributed by atoms with Gasteiger partial charge in [0.1, 0.15) is 17.5 Å². The predicted octanol–water partition coefficient (Wildman–Crippen LogP) is 8.47. The minimum Gasteiger partial charge on any atom is -0.397 e. The van der Waals surface area contributed by atoms with E-state index in [0.717, 1.165) is 75.6 Å². The molecule has 0 aliphatic heterocycles. The maximum Gasteiger partial charge on any atom is 0.128 e. The van der Waals surface area contributed by atoms with Crippen LogP contribution >= 0.6 is 0 Å². The number of terminal acetylenes is 1. The topological polar surface area (TPSA) is 111 Å². The van der Waals surface area contributed by atoms with Gasteiger partial charge in [0.2, 0.25) is 0 Å². The second-order valence-corrected chi connectivity index (χ2v) is 13.2. The van der Waals surface area contributed by atoms with Crippen LogP contribution in [0.5, 0.6) is 0 Å². The van der Waals surface area contributed by atoms with E-state index in [1.807, 2.05) is 40.0 Å². The van der Waals surface area contributed by atoms with E-state index in [9.17, 15) is 4.39 Å². The molecule has 3 rings (SSSR count). The highest BCUT2D eigenvalue weighted by Gasteiger charge is 2.23. The van der Waals surface area contributed by atoms with Gasteiger partial charge in [-0.15, -0.1) is 12.8 Å². The Morgan fingerprint density at radius 3 is 2.28 bits per heavy atom. The molecule has 286 valence electrons. The monoisotopic (exact) mass is 730 g/mol. The van der Waals surface area contributed by atoms with E-state index >= 15 is 0 Å². The first-order chi connectivity index (χ1) is 25.8. The zero-order valence-electron chi connectivity index (χ0n) is 33.1. The van der Waals surface area contributed by atoms with Gasteiger partial charge in [-0.1, -0.05) is 88.6 Å². The standard InChI is InChI=1S/C43H57FN8.C2H2/c1-12-13-14-40(35-16-18-36(19-17-35)43(46-10)47-11)51-29(5)22-38(52-33(9)49-24-27(2)3)21-28(4)32(8)48-25-34-15-20-39(44)37(23-34)26-50-42-31(7)30(6)41(42)45;1-2/h15-21,23,40,48,50-51H,2,5-8,12-14,22,24-26,45H2,1,3-4,9-11H3,(H,46,47);1-2H/b28-21+,49-33?,52-38?;/t40-;/m0./s1. The van der Waals surface area contributed by atoms with Crippen LogP contribution in [0.25, 0.3) is 0 Å². The number of rotatable bonds is 19. The Labute approximate surface area is 323 Å². The summed E-state index contributed by atoms with van der Waals surface area (Å²) in [6.07, 6.45) is 13.6. The normalized spacial score (nSPS) is 14.0. The lowest BCUT2D eigenvalue weighted by Crippen LogP contribution is -2.28. The number of nitrogens with zero attached hydrogens (tertiary/aromatic N) is 3. The molecule has 0 unspecified atom stereocenters. The van der Waals surface area contributed by atoms with Crippen LogP contribution in [0.4, 0.5) is 4.39 Å². The lowest BCUT2D eigenvalue weighted by molar-refractivity contribution is 0.523. The van der Waals surface area contributed by atoms with Crippen molar-refractivity contribution in [3.63, 3.8) is 0 Å². The summed E-state index contributed by atoms with van der Waals surface area (Å²) in [5.41, 5.74) is 16.7. The molecule has 0 spiro atoms. The molecule has 0 aromatic heterocycles. The third-order valence-electron chi connectivity index (χ3n) is 8.74. The van der Waals surface area contributed by atoms with Crippen LogP contribution in [0.3, 0.4) is 0 Å². The molecule has 0 amide bonds. The Hall–Kier alpha value is -5.88. The Balaban J connectivity index is 0.00000495. The van der Waals surface area contributed by atoms with Gasteiger partial charge in [-0.2, -0.15) is 0 Å². The van der Waals surface area contributed by atoms with E-state index in [1.165, 1.54) is 11.6 Å². The SMILES string of the molecule is C#C.C=C(C)CN=C(C)N=C(/C=C(\C)C(=C)NCc1ccc(F)c(CNC2=C(N)C(=C)C2=C)c1)CC(=C)N[C@@H](CCCC)c1ccc(C(=NC)NC)cc1. The molecule has 0 heterocycles. The van der Waals surface area contributed by atoms with Crippen molar-refractivity contribution < 1.29 is 4.39 Å². The number of hydrogen-bond acceptors (Lipinski definition) is 6. The van der Waals surface area contributed by atoms with E-state index < -0.39 is 0 Å². The first-order valence-electron chi connectivity index (χ1n) is 18.0. The number of allylic oxidation sites excluding steroid dienone is 5. The zero-order chi connectivity index (χ0) is 40.4. The maximum atomic E-state index is 14.7. The largest absolute Gasteiger partial charge is 0.397 e. The summed E-state index contributed by atoms with van der Waals surface area (Å²) in [7, 11) is 3.66. The van der Waals surface area contributed by atoms with E-state index in [0.29, 0.717) is 42.3 Å². The molecular formula is C45H59FN8. The van der Waals surface area contributed by atoms with Crippen LogP contribution in [-0.2, 0) is 13.1 Å². The highest BCUT2D eigenvalue weighted by atomic mass is 19.1. The van der Waals surface area contributed by atoms with Crippen LogP contribution in [0, 0.1) is 18.7 Å². The molecule has 6 N–H and O–H groups in total. The second kappa shape index (κ2) is 22.2. The fourth-order valence-corrected chi connectivity index (χ4v) is 5.63. The Bertz CT molecular complexity index is 1870. The number of nitrogens with two attached hydrogens (primary N) is 1. The summed E-state index contributed by atoms with van der Waals surface area (Å²) in [6.45, 7) is 29.8. The number of nitrogens with one attached hydrogen (secondary N) is 4. The molecule has 1 aliphatic carbocycles. The smallest absolute Gasteiger partial charge is 0.128 e. The van der Waals surface area contributed by atoms with Crippen molar-refractivity contribution in [2.75, 3.05) is 20.6 Å². The van der Waals surface area contributed by atoms with Crippen LogP contribution in [-0.4, -0.2) is 38.0 Å². The fraction of sp³-hybridized carbons (Fsp3) is 0.311. The fourth-order valence-electron chi connectivity index (χ4n) is 5.63. The Morgan fingerprint density at radius 1 is 1.00 bits per heavy atom. The van der Waals surface area contributed by atoms with Crippen LogP contribution < -0.4 is 27.0 Å². The number of aliphatic imine (C=N–C) groups is 3. The molecule has 1 aliphatic rings. The van der Waals surface area contributed by atoms with E-state index in [1.54, 1.807) is 13.1 Å². The third kappa shape index (κ3) is 13.3. The molecule has 2 aromatic rings. The molecule has 0 bridgehead atoms. The molecule has 54 heavy (non-hydrogen) atoms. The highest BCUT2D eigenvalue weighted by Crippen LogP contribution is 2.32. The van der Waals surface area contributed by atoms with Crippen molar-refractivity contribution in [3.05, 3.63) is 155 Å². The quantitative estimate of drug-likeness (QED) is 0.0328. The van der Waals surface area contributed by atoms with Crippen molar-refractivity contribution in [2.45, 2.75) is 72.5 Å². The van der Waals surface area contributed by atoms with Gasteiger partial charge in [-0.05, 0) is 62.1 Å². The van der Waals surface area contributed by atoms with E-state index in [2.05, 4.69) is 108 Å². The van der Waals surface area contributed by atoms with Gasteiger partial charge < -0.3 is 27.0 Å². The molecule has 1 atom stereocenters. The van der Waals surface area contributed by atoms with Gasteiger partial charge in [-0.25, -0.2) is 9.38 Å². The average Bonchev–Trinajstić information content (AvgIpc) is 3.16. The summed E-state index contributed by atoms with van der Waals surface area (Å²) >= 11 is 0. The molecular weight excluding hydrogens is 672 g/mol. The number of halogens is 1. The van der Waals surface area contributed by atoms with Gasteiger partial charge in [0.25, 0.3) is 0 Å². The minimum atomic E-state index is -0.296. The second-order valence-electron chi connectivity index (χ2n) is 13.2. The number of amidine groups is 2. The van der Waals surface area contributed by atoms with Crippen LogP contribution in [0.1, 0.15) is 81.7 Å². The van der Waals surface area contributed by atoms with Crippen LogP contribution in [0.15, 0.2) is 141 Å². The van der Waals surface area contributed by atoms with Crippen molar-refractivity contribution in [2.24, 2.45) is 20.7 Å². The minimum absolute atomic E-state index is 0.0936. The van der Waals surface area contributed by atoms with Crippen molar-refractivity contribution in [1.82, 2.24) is 21.3 Å². The van der Waals surface area contributed by atoms with Crippen molar-refractivity contribution in [1.29, 1.82) is 0 Å². The van der Waals surface area contributed by atoms with Gasteiger partial charge in [0, 0.05) is 73.0 Å². The lowest BCUT2D eigenvalue weighted by atomic mass is 9.90. The number of hydrogen-bond donors (Lipinski definition) is 5. The molecule has 2 aromatic carbocycles. The summed E-state index contributed by atoms with van der Waals surface area (Å²) in [4.78, 5) is 13.8. The molecule has 0 fully saturated rings. The Morgan fingerprint density at radius 2 is 1.69 bits per heavy atom. The predicted molar refractivity (Wildman–Crippen MR) is 230 cm³/mol. The summed E-state index contributed by atoms with van der Waals surface area (Å²) < 4.78 is 14.7.